The molecule has 4 aromatic rings. The second-order valence-corrected chi connectivity index (χ2v) is 7.80. The number of carbonyl (C=O) groups excluding carboxylic acids is 2. The highest BCUT2D eigenvalue weighted by molar-refractivity contribution is 6.51. The molecule has 7 nitrogen and oxygen atoms in total. The number of aromatic amines is 1. The highest BCUT2D eigenvalue weighted by Gasteiger charge is 2.48. The van der Waals surface area contributed by atoms with Crippen molar-refractivity contribution in [2.24, 2.45) is 0 Å². The van der Waals surface area contributed by atoms with Crippen molar-refractivity contribution in [3.05, 3.63) is 94.8 Å². The Morgan fingerprint density at radius 3 is 2.46 bits per heavy atom. The van der Waals surface area contributed by atoms with Gasteiger partial charge in [-0.2, -0.15) is 0 Å². The number of rotatable bonds is 4. The molecule has 1 aliphatic rings. The molecule has 1 amide bonds. The lowest BCUT2D eigenvalue weighted by atomic mass is 9.95. The van der Waals surface area contributed by atoms with Gasteiger partial charge in [0, 0.05) is 17.7 Å². The topological polar surface area (TPSA) is 95.5 Å². The van der Waals surface area contributed by atoms with E-state index in [1.54, 1.807) is 24.3 Å². The standard InChI is InChI=1S/C25H16F3N3O4/c1-35-15-4-2-3-13(9-15)21-20(22(32)12-5-7-14(26)8-6-12)23(33)24(34)31(21)25-29-18-10-16(27)17(28)11-19(18)30-25/h2-11,21,32H,1H3,(H,29,30)/b22-20+. The number of nitrogens with one attached hydrogen (secondary N) is 1. The molecule has 0 aliphatic carbocycles. The number of imidazole rings is 1. The van der Waals surface area contributed by atoms with Crippen LogP contribution in [0.5, 0.6) is 5.75 Å². The number of nitrogens with zero attached hydrogens (tertiary/aromatic N) is 2. The summed E-state index contributed by atoms with van der Waals surface area (Å²) < 4.78 is 46.2. The van der Waals surface area contributed by atoms with Crippen LogP contribution in [0.1, 0.15) is 17.2 Å². The molecule has 1 fully saturated rings. The van der Waals surface area contributed by atoms with Gasteiger partial charge in [0.05, 0.1) is 29.8 Å². The predicted octanol–water partition coefficient (Wildman–Crippen LogP) is 4.62. The number of hydrogen-bond acceptors (Lipinski definition) is 5. The van der Waals surface area contributed by atoms with Crippen LogP contribution >= 0.6 is 0 Å². The van der Waals surface area contributed by atoms with Gasteiger partial charge in [-0.25, -0.2) is 18.2 Å². The number of methoxy groups -OCH3 is 1. The van der Waals surface area contributed by atoms with E-state index in [4.69, 9.17) is 4.74 Å². The zero-order chi connectivity index (χ0) is 24.9. The number of aliphatic hydroxyl groups excluding tert-OH is 1. The molecular formula is C25H16F3N3O4. The third kappa shape index (κ3) is 3.68. The van der Waals surface area contributed by atoms with Crippen LogP contribution in [-0.4, -0.2) is 33.9 Å². The monoisotopic (exact) mass is 479 g/mol. The number of Topliss-reactive ketones (excluding diaryl/α,β-unsaturated/α-hetero) is 1. The third-order valence-corrected chi connectivity index (χ3v) is 5.71. The summed E-state index contributed by atoms with van der Waals surface area (Å²) in [6, 6.07) is 11.8. The normalized spacial score (nSPS) is 17.4. The third-order valence-electron chi connectivity index (χ3n) is 5.71. The van der Waals surface area contributed by atoms with Crippen molar-refractivity contribution >= 4 is 34.4 Å². The zero-order valence-electron chi connectivity index (χ0n) is 18.1. The van der Waals surface area contributed by atoms with Crippen LogP contribution in [0.25, 0.3) is 16.8 Å². The minimum absolute atomic E-state index is 0.0312. The maximum absolute atomic E-state index is 13.7. The second kappa shape index (κ2) is 8.32. The van der Waals surface area contributed by atoms with E-state index in [0.29, 0.717) is 11.3 Å². The summed E-state index contributed by atoms with van der Waals surface area (Å²) in [7, 11) is 1.44. The van der Waals surface area contributed by atoms with Crippen molar-refractivity contribution in [1.29, 1.82) is 0 Å². The summed E-state index contributed by atoms with van der Waals surface area (Å²) >= 11 is 0. The van der Waals surface area contributed by atoms with Gasteiger partial charge in [-0.3, -0.25) is 14.5 Å². The lowest BCUT2D eigenvalue weighted by Crippen LogP contribution is -2.30. The van der Waals surface area contributed by atoms with Crippen molar-refractivity contribution in [3.8, 4) is 5.75 Å². The zero-order valence-corrected chi connectivity index (χ0v) is 18.1. The number of aromatic nitrogens is 2. The van der Waals surface area contributed by atoms with Crippen molar-refractivity contribution in [1.82, 2.24) is 9.97 Å². The fourth-order valence-electron chi connectivity index (χ4n) is 4.05. The number of amides is 1. The molecule has 1 unspecified atom stereocenters. The lowest BCUT2D eigenvalue weighted by molar-refractivity contribution is -0.132. The quantitative estimate of drug-likeness (QED) is 0.253. The Kier molecular flexibility index (Phi) is 5.28. The summed E-state index contributed by atoms with van der Waals surface area (Å²) in [4.78, 5) is 34.3. The van der Waals surface area contributed by atoms with E-state index in [1.165, 1.54) is 19.2 Å². The van der Waals surface area contributed by atoms with Crippen LogP contribution in [0, 0.1) is 17.5 Å². The Labute approximate surface area is 196 Å². The number of anilines is 1. The van der Waals surface area contributed by atoms with Crippen LogP contribution in [0.4, 0.5) is 19.1 Å². The maximum Gasteiger partial charge on any atom is 0.302 e. The van der Waals surface area contributed by atoms with E-state index in [-0.39, 0.29) is 28.1 Å². The maximum atomic E-state index is 13.7. The molecule has 1 aromatic heterocycles. The summed E-state index contributed by atoms with van der Waals surface area (Å²) in [5.74, 6) is -5.09. The van der Waals surface area contributed by atoms with Crippen molar-refractivity contribution in [2.75, 3.05) is 12.0 Å². The Hall–Kier alpha value is -4.60. The minimum atomic E-state index is -1.18. The molecule has 5 rings (SSSR count). The van der Waals surface area contributed by atoms with Gasteiger partial charge in [0.15, 0.2) is 11.6 Å². The first-order chi connectivity index (χ1) is 16.8. The van der Waals surface area contributed by atoms with Gasteiger partial charge < -0.3 is 14.8 Å². The fraction of sp³-hybridized carbons (Fsp3) is 0.0800. The molecule has 0 bridgehead atoms. The van der Waals surface area contributed by atoms with Gasteiger partial charge in [0.2, 0.25) is 5.95 Å². The number of hydrogen-bond donors (Lipinski definition) is 2. The predicted molar refractivity (Wildman–Crippen MR) is 120 cm³/mol. The van der Waals surface area contributed by atoms with E-state index >= 15 is 0 Å². The number of fused-ring (bicyclic) bond motifs is 1. The molecule has 10 heteroatoms. The molecule has 1 atom stereocenters. The van der Waals surface area contributed by atoms with Crippen LogP contribution in [0.15, 0.2) is 66.2 Å². The summed E-state index contributed by atoms with van der Waals surface area (Å²) in [6.07, 6.45) is 0. The van der Waals surface area contributed by atoms with Crippen LogP contribution in [0.3, 0.4) is 0 Å². The van der Waals surface area contributed by atoms with Crippen molar-refractivity contribution in [3.63, 3.8) is 0 Å². The van der Waals surface area contributed by atoms with Crippen LogP contribution in [-0.2, 0) is 9.59 Å². The largest absolute Gasteiger partial charge is 0.507 e. The molecule has 176 valence electrons. The summed E-state index contributed by atoms with van der Waals surface area (Å²) in [5.41, 5.74) is 0.371. The number of ether oxygens (including phenoxy) is 1. The minimum Gasteiger partial charge on any atom is -0.507 e. The van der Waals surface area contributed by atoms with Gasteiger partial charge in [-0.05, 0) is 42.0 Å². The first kappa shape index (κ1) is 22.2. The van der Waals surface area contributed by atoms with E-state index in [0.717, 1.165) is 29.2 Å². The van der Waals surface area contributed by atoms with Gasteiger partial charge >= 0.3 is 5.91 Å². The molecule has 35 heavy (non-hydrogen) atoms. The molecule has 2 N–H and O–H groups in total. The Morgan fingerprint density at radius 2 is 1.74 bits per heavy atom. The highest BCUT2D eigenvalue weighted by Crippen LogP contribution is 2.42. The number of carbonyl (C=O) groups is 2. The molecule has 1 saturated heterocycles. The summed E-state index contributed by atoms with van der Waals surface area (Å²) in [6.45, 7) is 0. The van der Waals surface area contributed by atoms with Crippen LogP contribution in [0.2, 0.25) is 0 Å². The van der Waals surface area contributed by atoms with Crippen molar-refractivity contribution in [2.45, 2.75) is 6.04 Å². The van der Waals surface area contributed by atoms with Gasteiger partial charge in [-0.15, -0.1) is 0 Å². The molecule has 2 heterocycles. The fourth-order valence-corrected chi connectivity index (χ4v) is 4.05. The van der Waals surface area contributed by atoms with Crippen molar-refractivity contribution < 1.29 is 32.6 Å². The first-order valence-electron chi connectivity index (χ1n) is 10.3. The Morgan fingerprint density at radius 1 is 1.03 bits per heavy atom. The first-order valence-corrected chi connectivity index (χ1v) is 10.3. The number of benzene rings is 3. The molecule has 0 spiro atoms. The molecule has 1 aliphatic heterocycles. The average Bonchev–Trinajstić information content (AvgIpc) is 3.37. The lowest BCUT2D eigenvalue weighted by Gasteiger charge is -2.23. The Balaban J connectivity index is 1.74. The number of ketones is 1. The second-order valence-electron chi connectivity index (χ2n) is 7.80. The smallest absolute Gasteiger partial charge is 0.302 e. The molecule has 0 saturated carbocycles. The van der Waals surface area contributed by atoms with Crippen LogP contribution < -0.4 is 9.64 Å². The van der Waals surface area contributed by atoms with Gasteiger partial charge in [0.25, 0.3) is 5.78 Å². The molecular weight excluding hydrogens is 463 g/mol. The van der Waals surface area contributed by atoms with Gasteiger partial charge in [0.1, 0.15) is 17.3 Å². The van der Waals surface area contributed by atoms with Gasteiger partial charge in [-0.1, -0.05) is 12.1 Å². The number of aliphatic hydroxyl groups is 1. The summed E-state index contributed by atoms with van der Waals surface area (Å²) in [5, 5.41) is 11.0. The molecule has 3 aromatic carbocycles. The van der Waals surface area contributed by atoms with E-state index < -0.39 is 40.9 Å². The van der Waals surface area contributed by atoms with E-state index in [2.05, 4.69) is 9.97 Å². The SMILES string of the molecule is COc1cccc(C2/C(=C(\O)c3ccc(F)cc3)C(=O)C(=O)N2c2nc3cc(F)c(F)cc3[nH]2)c1. The average molecular weight is 479 g/mol. The molecule has 0 radical (unpaired) electrons. The number of H-pyrrole nitrogens is 1. The highest BCUT2D eigenvalue weighted by atomic mass is 19.2. The van der Waals surface area contributed by atoms with E-state index in [1.807, 2.05) is 0 Å². The Bertz CT molecular complexity index is 1490. The van der Waals surface area contributed by atoms with E-state index in [9.17, 15) is 27.9 Å². The number of halogens is 3.